The first-order valence-electron chi connectivity index (χ1n) is 11.9. The zero-order valence-corrected chi connectivity index (χ0v) is 18.8. The molecule has 6 heteroatoms. The second-order valence-electron chi connectivity index (χ2n) is 9.82. The number of carbonyl (C=O) groups is 2. The lowest BCUT2D eigenvalue weighted by molar-refractivity contribution is -0.136. The van der Waals surface area contributed by atoms with Crippen molar-refractivity contribution in [1.82, 2.24) is 14.9 Å². The van der Waals surface area contributed by atoms with Crippen molar-refractivity contribution >= 4 is 17.6 Å². The summed E-state index contributed by atoms with van der Waals surface area (Å²) in [5.74, 6) is 2.85. The zero-order valence-electron chi connectivity index (χ0n) is 18.8. The number of amides is 2. The minimum absolute atomic E-state index is 0.0606. The lowest BCUT2D eigenvalue weighted by atomic mass is 9.97. The third-order valence-corrected chi connectivity index (χ3v) is 6.96. The first-order chi connectivity index (χ1) is 14.4. The maximum absolute atomic E-state index is 13.2. The molecule has 0 unspecified atom stereocenters. The fraction of sp³-hybridized carbons (Fsp3) is 0.750. The van der Waals surface area contributed by atoms with E-state index < -0.39 is 0 Å². The van der Waals surface area contributed by atoms with E-state index in [1.807, 2.05) is 16.7 Å². The molecular weight excluding hydrogens is 376 g/mol. The topological polar surface area (TPSA) is 66.4 Å². The Hall–Kier alpha value is -1.98. The number of hydrogen-bond donors (Lipinski definition) is 0. The maximum atomic E-state index is 13.2. The highest BCUT2D eigenvalue weighted by Gasteiger charge is 2.34. The largest absolute Gasteiger partial charge is 0.332 e. The van der Waals surface area contributed by atoms with Crippen LogP contribution in [0.5, 0.6) is 0 Å². The van der Waals surface area contributed by atoms with Crippen molar-refractivity contribution in [2.24, 2.45) is 11.8 Å². The molecule has 6 nitrogen and oxygen atoms in total. The zero-order chi connectivity index (χ0) is 21.3. The molecule has 1 saturated heterocycles. The third kappa shape index (κ3) is 4.37. The second-order valence-corrected chi connectivity index (χ2v) is 9.82. The van der Waals surface area contributed by atoms with Crippen LogP contribution in [0, 0.1) is 18.8 Å². The average Bonchev–Trinajstić information content (AvgIpc) is 3.23. The Labute approximate surface area is 180 Å². The molecule has 0 radical (unpaired) electrons. The number of likely N-dealkylation sites (tertiary alicyclic amines) is 1. The van der Waals surface area contributed by atoms with Gasteiger partial charge in [-0.3, -0.25) is 14.5 Å². The summed E-state index contributed by atoms with van der Waals surface area (Å²) in [7, 11) is 0. The van der Waals surface area contributed by atoms with Crippen LogP contribution >= 0.6 is 0 Å². The van der Waals surface area contributed by atoms with Gasteiger partial charge >= 0.3 is 0 Å². The predicted molar refractivity (Wildman–Crippen MR) is 117 cm³/mol. The van der Waals surface area contributed by atoms with E-state index in [9.17, 15) is 9.59 Å². The molecule has 30 heavy (non-hydrogen) atoms. The van der Waals surface area contributed by atoms with Gasteiger partial charge in [0.2, 0.25) is 11.8 Å². The van der Waals surface area contributed by atoms with Crippen LogP contribution in [0.25, 0.3) is 0 Å². The van der Waals surface area contributed by atoms with Gasteiger partial charge in [0.15, 0.2) is 5.82 Å². The summed E-state index contributed by atoms with van der Waals surface area (Å²) < 4.78 is 0. The molecule has 1 aliphatic carbocycles. The molecule has 0 N–H and O–H groups in total. The van der Waals surface area contributed by atoms with E-state index in [1.54, 1.807) is 0 Å². The van der Waals surface area contributed by atoms with E-state index in [-0.39, 0.29) is 17.9 Å². The van der Waals surface area contributed by atoms with Gasteiger partial charge in [0.25, 0.3) is 0 Å². The number of rotatable bonds is 5. The summed E-state index contributed by atoms with van der Waals surface area (Å²) in [5.41, 5.74) is 2.06. The van der Waals surface area contributed by atoms with Crippen LogP contribution in [-0.4, -0.2) is 39.8 Å². The van der Waals surface area contributed by atoms with Crippen molar-refractivity contribution in [2.45, 2.75) is 91.0 Å². The molecule has 0 aromatic carbocycles. The van der Waals surface area contributed by atoms with Crippen LogP contribution in [0.4, 0.5) is 5.82 Å². The molecule has 1 atom stereocenters. The molecule has 0 spiro atoms. The van der Waals surface area contributed by atoms with E-state index in [0.29, 0.717) is 37.6 Å². The van der Waals surface area contributed by atoms with Gasteiger partial charge in [0.05, 0.1) is 6.04 Å². The van der Waals surface area contributed by atoms with Gasteiger partial charge < -0.3 is 4.90 Å². The average molecular weight is 413 g/mol. The third-order valence-electron chi connectivity index (χ3n) is 6.96. The van der Waals surface area contributed by atoms with E-state index in [0.717, 1.165) is 48.7 Å². The van der Waals surface area contributed by atoms with Crippen molar-refractivity contribution in [3.63, 3.8) is 0 Å². The molecule has 2 aliphatic heterocycles. The molecule has 1 aromatic rings. The first-order valence-corrected chi connectivity index (χ1v) is 11.9. The Morgan fingerprint density at radius 3 is 2.53 bits per heavy atom. The van der Waals surface area contributed by atoms with Gasteiger partial charge in [-0.2, -0.15) is 0 Å². The highest BCUT2D eigenvalue weighted by atomic mass is 16.2. The van der Waals surface area contributed by atoms with Crippen LogP contribution in [0.3, 0.4) is 0 Å². The van der Waals surface area contributed by atoms with Gasteiger partial charge in [-0.05, 0) is 57.3 Å². The molecule has 3 aliphatic rings. The molecule has 4 rings (SSSR count). The molecule has 1 saturated carbocycles. The molecule has 0 bridgehead atoms. The summed E-state index contributed by atoms with van der Waals surface area (Å²) in [6.07, 6.45) is 9.84. The van der Waals surface area contributed by atoms with Gasteiger partial charge in [0, 0.05) is 37.2 Å². The van der Waals surface area contributed by atoms with E-state index in [4.69, 9.17) is 9.97 Å². The Morgan fingerprint density at radius 2 is 1.80 bits per heavy atom. The smallest absolute Gasteiger partial charge is 0.228 e. The van der Waals surface area contributed by atoms with Gasteiger partial charge in [-0.25, -0.2) is 9.97 Å². The van der Waals surface area contributed by atoms with Crippen molar-refractivity contribution in [2.75, 3.05) is 18.0 Å². The number of fused-ring (bicyclic) bond motifs is 1. The van der Waals surface area contributed by atoms with E-state index in [2.05, 4.69) is 13.8 Å². The number of aromatic nitrogens is 2. The maximum Gasteiger partial charge on any atom is 0.228 e. The molecule has 3 heterocycles. The minimum Gasteiger partial charge on any atom is -0.332 e. The first kappa shape index (κ1) is 21.3. The Kier molecular flexibility index (Phi) is 6.40. The minimum atomic E-state index is -0.0606. The standard InChI is InChI=1S/C24H36N4O2/c1-16(2)15-28-21(29)12-11-19-17(3)25-23(26-24(19)28)20-10-6-7-13-27(20)22(30)14-18-8-4-5-9-18/h16,18,20H,4-15H2,1-3H3/t20-/m0/s1. The summed E-state index contributed by atoms with van der Waals surface area (Å²) >= 11 is 0. The predicted octanol–water partition coefficient (Wildman–Crippen LogP) is 4.35. The number of hydrogen-bond acceptors (Lipinski definition) is 4. The molecule has 2 amide bonds. The molecule has 1 aromatic heterocycles. The number of anilines is 1. The number of nitrogens with zero attached hydrogens (tertiary/aromatic N) is 4. The fourth-order valence-corrected chi connectivity index (χ4v) is 5.38. The molecule has 2 fully saturated rings. The van der Waals surface area contributed by atoms with Gasteiger partial charge in [-0.15, -0.1) is 0 Å². The van der Waals surface area contributed by atoms with E-state index in [1.165, 1.54) is 25.7 Å². The van der Waals surface area contributed by atoms with E-state index >= 15 is 0 Å². The SMILES string of the molecule is Cc1nc([C@@H]2CCCCN2C(=O)CC2CCCC2)nc2c1CCC(=O)N2CC(C)C. The van der Waals surface area contributed by atoms with Crippen molar-refractivity contribution < 1.29 is 9.59 Å². The lowest BCUT2D eigenvalue weighted by Gasteiger charge is -2.37. The van der Waals surface area contributed by atoms with Crippen molar-refractivity contribution in [3.05, 3.63) is 17.1 Å². The Morgan fingerprint density at radius 1 is 1.07 bits per heavy atom. The summed E-state index contributed by atoms with van der Waals surface area (Å²) in [5, 5.41) is 0. The second kappa shape index (κ2) is 9.03. The van der Waals surface area contributed by atoms with Crippen LogP contribution in [0.2, 0.25) is 0 Å². The van der Waals surface area contributed by atoms with Crippen LogP contribution in [-0.2, 0) is 16.0 Å². The monoisotopic (exact) mass is 412 g/mol. The molecular formula is C24H36N4O2. The Bertz CT molecular complexity index is 801. The van der Waals surface area contributed by atoms with Crippen molar-refractivity contribution in [1.29, 1.82) is 0 Å². The molecule has 164 valence electrons. The van der Waals surface area contributed by atoms with Crippen LogP contribution in [0.1, 0.15) is 94.8 Å². The summed E-state index contributed by atoms with van der Waals surface area (Å²) in [6, 6.07) is -0.0606. The summed E-state index contributed by atoms with van der Waals surface area (Å²) in [4.78, 5) is 39.6. The quantitative estimate of drug-likeness (QED) is 0.721. The van der Waals surface area contributed by atoms with Crippen LogP contribution < -0.4 is 4.90 Å². The Balaban J connectivity index is 1.63. The van der Waals surface area contributed by atoms with Crippen molar-refractivity contribution in [3.8, 4) is 0 Å². The fourth-order valence-electron chi connectivity index (χ4n) is 5.38. The highest BCUT2D eigenvalue weighted by Crippen LogP contribution is 2.36. The normalized spacial score (nSPS) is 22.7. The van der Waals surface area contributed by atoms with Crippen LogP contribution in [0.15, 0.2) is 0 Å². The number of aryl methyl sites for hydroxylation is 1. The lowest BCUT2D eigenvalue weighted by Crippen LogP contribution is -2.42. The summed E-state index contributed by atoms with van der Waals surface area (Å²) in [6.45, 7) is 7.75. The number of piperidine rings is 1. The highest BCUT2D eigenvalue weighted by molar-refractivity contribution is 5.95. The van der Waals surface area contributed by atoms with Gasteiger partial charge in [-0.1, -0.05) is 26.7 Å². The van der Waals surface area contributed by atoms with Gasteiger partial charge in [0.1, 0.15) is 5.82 Å². The number of carbonyl (C=O) groups excluding carboxylic acids is 2.